The molecule has 4 nitrogen and oxygen atoms in total. The second-order valence-electron chi connectivity index (χ2n) is 5.45. The summed E-state index contributed by atoms with van der Waals surface area (Å²) < 4.78 is 5.35. The minimum Gasteiger partial charge on any atom is -0.385 e. The summed E-state index contributed by atoms with van der Waals surface area (Å²) in [5, 5.41) is 6.35. The standard InChI is InChI=1S/C15H20N2O2/c18-15(12-1-2-12)17-14-5-3-13(4-6-14)16-9-11-7-8-19-10-11/h3-6,11-12,16H,1-2,7-10H2,(H,17,18). The predicted molar refractivity (Wildman–Crippen MR) is 75.2 cm³/mol. The lowest BCUT2D eigenvalue weighted by Crippen LogP contribution is -2.14. The van der Waals surface area contributed by atoms with Crippen molar-refractivity contribution in [3.63, 3.8) is 0 Å². The van der Waals surface area contributed by atoms with E-state index in [1.807, 2.05) is 24.3 Å². The maximum atomic E-state index is 11.6. The first-order valence-corrected chi connectivity index (χ1v) is 7.04. The zero-order valence-corrected chi connectivity index (χ0v) is 11.0. The molecule has 19 heavy (non-hydrogen) atoms. The van der Waals surface area contributed by atoms with Crippen LogP contribution in [0.15, 0.2) is 24.3 Å². The van der Waals surface area contributed by atoms with Crippen LogP contribution in [0.3, 0.4) is 0 Å². The fourth-order valence-corrected chi connectivity index (χ4v) is 2.27. The van der Waals surface area contributed by atoms with Crippen molar-refractivity contribution in [3.05, 3.63) is 24.3 Å². The zero-order valence-electron chi connectivity index (χ0n) is 11.0. The Balaban J connectivity index is 1.48. The third-order valence-electron chi connectivity index (χ3n) is 3.72. The van der Waals surface area contributed by atoms with Gasteiger partial charge in [-0.1, -0.05) is 0 Å². The number of benzene rings is 1. The molecule has 1 aromatic carbocycles. The molecule has 1 atom stereocenters. The van der Waals surface area contributed by atoms with Crippen molar-refractivity contribution in [2.45, 2.75) is 19.3 Å². The summed E-state index contributed by atoms with van der Waals surface area (Å²) in [4.78, 5) is 11.6. The van der Waals surface area contributed by atoms with Gasteiger partial charge in [-0.3, -0.25) is 4.79 Å². The number of anilines is 2. The summed E-state index contributed by atoms with van der Waals surface area (Å²) in [6.45, 7) is 2.70. The molecule has 2 N–H and O–H groups in total. The molecule has 1 saturated carbocycles. The van der Waals surface area contributed by atoms with E-state index in [0.717, 1.165) is 50.4 Å². The van der Waals surface area contributed by atoms with Crippen LogP contribution in [0.1, 0.15) is 19.3 Å². The molecular weight excluding hydrogens is 240 g/mol. The Morgan fingerprint density at radius 3 is 2.53 bits per heavy atom. The van der Waals surface area contributed by atoms with Gasteiger partial charge in [-0.05, 0) is 43.5 Å². The molecule has 1 amide bonds. The molecule has 1 heterocycles. The smallest absolute Gasteiger partial charge is 0.227 e. The van der Waals surface area contributed by atoms with E-state index >= 15 is 0 Å². The van der Waals surface area contributed by atoms with Crippen LogP contribution in [-0.4, -0.2) is 25.7 Å². The first-order chi connectivity index (χ1) is 9.31. The maximum Gasteiger partial charge on any atom is 0.227 e. The molecule has 3 rings (SSSR count). The summed E-state index contributed by atoms with van der Waals surface area (Å²) in [5.74, 6) is 1.03. The summed E-state index contributed by atoms with van der Waals surface area (Å²) in [5.41, 5.74) is 1.97. The van der Waals surface area contributed by atoms with Gasteiger partial charge in [0.05, 0.1) is 6.61 Å². The minimum atomic E-state index is 0.156. The van der Waals surface area contributed by atoms with Gasteiger partial charge in [0.15, 0.2) is 0 Å². The van der Waals surface area contributed by atoms with Gasteiger partial charge in [0, 0.05) is 36.4 Å². The Bertz CT molecular complexity index is 434. The number of carbonyl (C=O) groups is 1. The van der Waals surface area contributed by atoms with E-state index < -0.39 is 0 Å². The van der Waals surface area contributed by atoms with Crippen LogP contribution < -0.4 is 10.6 Å². The molecule has 1 aliphatic carbocycles. The van der Waals surface area contributed by atoms with E-state index in [2.05, 4.69) is 10.6 Å². The molecule has 102 valence electrons. The van der Waals surface area contributed by atoms with Crippen molar-refractivity contribution in [1.82, 2.24) is 0 Å². The Morgan fingerprint density at radius 1 is 1.16 bits per heavy atom. The SMILES string of the molecule is O=C(Nc1ccc(NCC2CCOC2)cc1)C1CC1. The van der Waals surface area contributed by atoms with Crippen molar-refractivity contribution in [1.29, 1.82) is 0 Å². The topological polar surface area (TPSA) is 50.4 Å². The third kappa shape index (κ3) is 3.47. The molecule has 1 saturated heterocycles. The lowest BCUT2D eigenvalue weighted by atomic mass is 10.1. The highest BCUT2D eigenvalue weighted by molar-refractivity contribution is 5.94. The number of amides is 1. The maximum absolute atomic E-state index is 11.6. The minimum absolute atomic E-state index is 0.156. The van der Waals surface area contributed by atoms with Crippen molar-refractivity contribution in [2.75, 3.05) is 30.4 Å². The molecule has 2 aliphatic rings. The largest absolute Gasteiger partial charge is 0.385 e. The number of hydrogen-bond donors (Lipinski definition) is 2. The van der Waals surface area contributed by atoms with Crippen LogP contribution >= 0.6 is 0 Å². The van der Waals surface area contributed by atoms with Gasteiger partial charge in [-0.2, -0.15) is 0 Å². The first kappa shape index (κ1) is 12.5. The lowest BCUT2D eigenvalue weighted by Gasteiger charge is -2.11. The molecule has 1 aromatic rings. The second-order valence-corrected chi connectivity index (χ2v) is 5.45. The first-order valence-electron chi connectivity index (χ1n) is 7.04. The van der Waals surface area contributed by atoms with E-state index in [9.17, 15) is 4.79 Å². The zero-order chi connectivity index (χ0) is 13.1. The monoisotopic (exact) mass is 260 g/mol. The molecule has 0 radical (unpaired) electrons. The molecule has 1 aliphatic heterocycles. The van der Waals surface area contributed by atoms with Gasteiger partial charge in [0.2, 0.25) is 5.91 Å². The number of rotatable bonds is 5. The predicted octanol–water partition coefficient (Wildman–Crippen LogP) is 2.48. The summed E-state index contributed by atoms with van der Waals surface area (Å²) in [6, 6.07) is 7.93. The fourth-order valence-electron chi connectivity index (χ4n) is 2.27. The van der Waals surface area contributed by atoms with Crippen molar-refractivity contribution in [3.8, 4) is 0 Å². The van der Waals surface area contributed by atoms with E-state index in [-0.39, 0.29) is 11.8 Å². The molecule has 2 fully saturated rings. The number of carbonyl (C=O) groups excluding carboxylic acids is 1. The normalized spacial score (nSPS) is 22.2. The lowest BCUT2D eigenvalue weighted by molar-refractivity contribution is -0.117. The van der Waals surface area contributed by atoms with Crippen LogP contribution in [0, 0.1) is 11.8 Å². The molecule has 0 aromatic heterocycles. The Hall–Kier alpha value is -1.55. The molecule has 1 unspecified atom stereocenters. The van der Waals surface area contributed by atoms with E-state index in [1.54, 1.807) is 0 Å². The van der Waals surface area contributed by atoms with Crippen molar-refractivity contribution >= 4 is 17.3 Å². The third-order valence-corrected chi connectivity index (χ3v) is 3.72. The Labute approximate surface area is 113 Å². The van der Waals surface area contributed by atoms with Gasteiger partial charge >= 0.3 is 0 Å². The Kier molecular flexibility index (Phi) is 3.69. The van der Waals surface area contributed by atoms with Gasteiger partial charge in [-0.15, -0.1) is 0 Å². The van der Waals surface area contributed by atoms with E-state index in [1.165, 1.54) is 0 Å². The highest BCUT2D eigenvalue weighted by Crippen LogP contribution is 2.30. The highest BCUT2D eigenvalue weighted by atomic mass is 16.5. The average molecular weight is 260 g/mol. The van der Waals surface area contributed by atoms with Gasteiger partial charge in [-0.25, -0.2) is 0 Å². The van der Waals surface area contributed by atoms with Crippen molar-refractivity contribution in [2.24, 2.45) is 11.8 Å². The average Bonchev–Trinajstić information content (AvgIpc) is 3.16. The number of ether oxygens (including phenoxy) is 1. The molecule has 4 heteroatoms. The summed E-state index contributed by atoms with van der Waals surface area (Å²) >= 11 is 0. The number of nitrogens with one attached hydrogen (secondary N) is 2. The molecule has 0 spiro atoms. The molecular formula is C15H20N2O2. The van der Waals surface area contributed by atoms with Gasteiger partial charge < -0.3 is 15.4 Å². The van der Waals surface area contributed by atoms with Crippen LogP contribution in [0.4, 0.5) is 11.4 Å². The second kappa shape index (κ2) is 5.61. The summed E-state index contributed by atoms with van der Waals surface area (Å²) in [6.07, 6.45) is 3.21. The quantitative estimate of drug-likeness (QED) is 0.855. The van der Waals surface area contributed by atoms with E-state index in [4.69, 9.17) is 4.74 Å². The van der Waals surface area contributed by atoms with Crippen LogP contribution in [0.2, 0.25) is 0 Å². The van der Waals surface area contributed by atoms with Gasteiger partial charge in [0.1, 0.15) is 0 Å². The van der Waals surface area contributed by atoms with Crippen molar-refractivity contribution < 1.29 is 9.53 Å². The van der Waals surface area contributed by atoms with Crippen LogP contribution in [-0.2, 0) is 9.53 Å². The van der Waals surface area contributed by atoms with Gasteiger partial charge in [0.25, 0.3) is 0 Å². The summed E-state index contributed by atoms with van der Waals surface area (Å²) in [7, 11) is 0. The number of hydrogen-bond acceptors (Lipinski definition) is 3. The fraction of sp³-hybridized carbons (Fsp3) is 0.533. The van der Waals surface area contributed by atoms with Crippen LogP contribution in [0.5, 0.6) is 0 Å². The molecule has 0 bridgehead atoms. The Morgan fingerprint density at radius 2 is 1.89 bits per heavy atom. The van der Waals surface area contributed by atoms with E-state index in [0.29, 0.717) is 5.92 Å². The van der Waals surface area contributed by atoms with Crippen LogP contribution in [0.25, 0.3) is 0 Å². The highest BCUT2D eigenvalue weighted by Gasteiger charge is 2.29.